The van der Waals surface area contributed by atoms with E-state index in [0.29, 0.717) is 6.04 Å². The summed E-state index contributed by atoms with van der Waals surface area (Å²) in [6, 6.07) is 15.8. The highest BCUT2D eigenvalue weighted by Gasteiger charge is 2.40. The fourth-order valence-corrected chi connectivity index (χ4v) is 4.00. The Morgan fingerprint density at radius 1 is 1.22 bits per heavy atom. The van der Waals surface area contributed by atoms with Crippen LogP contribution in [0.4, 0.5) is 11.4 Å². The first-order valence-electron chi connectivity index (χ1n) is 9.12. The molecule has 4 rings (SSSR count). The summed E-state index contributed by atoms with van der Waals surface area (Å²) in [5.74, 6) is 0.287. The van der Waals surface area contributed by atoms with Crippen molar-refractivity contribution >= 4 is 11.4 Å². The SMILES string of the molecule is COc1cc(N2CC3OCCN(Cc4ccccc4)C3C2)ccc1[N+](=O)[O-]. The van der Waals surface area contributed by atoms with E-state index in [9.17, 15) is 10.1 Å². The number of anilines is 1. The maximum Gasteiger partial charge on any atom is 0.311 e. The average molecular weight is 369 g/mol. The molecule has 2 aromatic rings. The number of rotatable bonds is 5. The van der Waals surface area contributed by atoms with Gasteiger partial charge in [-0.05, 0) is 11.6 Å². The number of nitro groups is 1. The van der Waals surface area contributed by atoms with Gasteiger partial charge < -0.3 is 14.4 Å². The molecule has 2 unspecified atom stereocenters. The lowest BCUT2D eigenvalue weighted by Gasteiger charge is -2.36. The van der Waals surface area contributed by atoms with Crippen LogP contribution in [0.2, 0.25) is 0 Å². The lowest BCUT2D eigenvalue weighted by molar-refractivity contribution is -0.385. The minimum Gasteiger partial charge on any atom is -0.490 e. The Morgan fingerprint density at radius 2 is 2.04 bits per heavy atom. The molecule has 0 saturated carbocycles. The number of ether oxygens (including phenoxy) is 2. The molecule has 0 spiro atoms. The van der Waals surface area contributed by atoms with Crippen molar-refractivity contribution in [2.24, 2.45) is 0 Å². The Hall–Kier alpha value is -2.64. The third kappa shape index (κ3) is 3.61. The maximum atomic E-state index is 11.1. The minimum absolute atomic E-state index is 0.0141. The van der Waals surface area contributed by atoms with Crippen LogP contribution in [0.1, 0.15) is 5.56 Å². The fraction of sp³-hybridized carbons (Fsp3) is 0.400. The topological polar surface area (TPSA) is 68.1 Å². The number of nitrogens with zero attached hydrogens (tertiary/aromatic N) is 3. The van der Waals surface area contributed by atoms with Gasteiger partial charge in [0.25, 0.3) is 0 Å². The smallest absolute Gasteiger partial charge is 0.311 e. The molecule has 27 heavy (non-hydrogen) atoms. The van der Waals surface area contributed by atoms with E-state index in [0.717, 1.165) is 38.5 Å². The largest absolute Gasteiger partial charge is 0.490 e. The summed E-state index contributed by atoms with van der Waals surface area (Å²) in [4.78, 5) is 15.4. The standard InChI is InChI=1S/C20H23N3O4/c1-26-19-11-16(7-8-17(19)23(24)25)22-13-18-20(14-22)27-10-9-21(18)12-15-5-3-2-4-6-15/h2-8,11,18,20H,9-10,12-14H2,1H3. The first-order chi connectivity index (χ1) is 13.2. The van der Waals surface area contributed by atoms with E-state index >= 15 is 0 Å². The first-order valence-corrected chi connectivity index (χ1v) is 9.12. The molecular formula is C20H23N3O4. The number of hydrogen-bond donors (Lipinski definition) is 0. The molecule has 0 amide bonds. The Balaban J connectivity index is 1.52. The number of morpholine rings is 1. The minimum atomic E-state index is -0.420. The van der Waals surface area contributed by atoms with Crippen LogP contribution in [0.15, 0.2) is 48.5 Å². The Bertz CT molecular complexity index is 814. The van der Waals surface area contributed by atoms with Gasteiger partial charge in [0.2, 0.25) is 0 Å². The molecule has 7 nitrogen and oxygen atoms in total. The second-order valence-corrected chi connectivity index (χ2v) is 6.95. The van der Waals surface area contributed by atoms with Gasteiger partial charge in [0.1, 0.15) is 0 Å². The van der Waals surface area contributed by atoms with Gasteiger partial charge in [0.15, 0.2) is 5.75 Å². The third-order valence-corrected chi connectivity index (χ3v) is 5.37. The van der Waals surface area contributed by atoms with Crippen LogP contribution in [-0.2, 0) is 11.3 Å². The zero-order chi connectivity index (χ0) is 18.8. The van der Waals surface area contributed by atoms with Gasteiger partial charge in [0, 0.05) is 44.0 Å². The second kappa shape index (κ2) is 7.54. The van der Waals surface area contributed by atoms with Crippen LogP contribution in [0, 0.1) is 10.1 Å². The van der Waals surface area contributed by atoms with Crippen LogP contribution < -0.4 is 9.64 Å². The summed E-state index contributed by atoms with van der Waals surface area (Å²) in [6.45, 7) is 4.15. The second-order valence-electron chi connectivity index (χ2n) is 6.95. The molecule has 2 fully saturated rings. The summed E-state index contributed by atoms with van der Waals surface area (Å²) >= 11 is 0. The molecule has 2 aliphatic rings. The monoisotopic (exact) mass is 369 g/mol. The molecule has 7 heteroatoms. The number of benzene rings is 2. The van der Waals surface area contributed by atoms with Crippen molar-refractivity contribution in [3.8, 4) is 5.75 Å². The number of methoxy groups -OCH3 is 1. The zero-order valence-electron chi connectivity index (χ0n) is 15.3. The molecule has 0 N–H and O–H groups in total. The van der Waals surface area contributed by atoms with Crippen molar-refractivity contribution in [1.82, 2.24) is 4.90 Å². The van der Waals surface area contributed by atoms with Crippen LogP contribution in [0.5, 0.6) is 5.75 Å². The van der Waals surface area contributed by atoms with Gasteiger partial charge in [-0.1, -0.05) is 30.3 Å². The van der Waals surface area contributed by atoms with E-state index in [1.54, 1.807) is 12.1 Å². The zero-order valence-corrected chi connectivity index (χ0v) is 15.3. The summed E-state index contributed by atoms with van der Waals surface area (Å²) in [6.07, 6.45) is 0.142. The highest BCUT2D eigenvalue weighted by Crippen LogP contribution is 2.34. The molecule has 0 aliphatic carbocycles. The van der Waals surface area contributed by atoms with Gasteiger partial charge in [-0.3, -0.25) is 15.0 Å². The molecule has 2 atom stereocenters. The van der Waals surface area contributed by atoms with Crippen molar-refractivity contribution in [3.63, 3.8) is 0 Å². The van der Waals surface area contributed by atoms with Gasteiger partial charge in [0.05, 0.1) is 30.8 Å². The van der Waals surface area contributed by atoms with E-state index in [2.05, 4.69) is 34.1 Å². The van der Waals surface area contributed by atoms with Crippen LogP contribution in [-0.4, -0.2) is 55.3 Å². The van der Waals surface area contributed by atoms with Crippen molar-refractivity contribution in [2.45, 2.75) is 18.7 Å². The van der Waals surface area contributed by atoms with Gasteiger partial charge >= 0.3 is 5.69 Å². The molecule has 2 aromatic carbocycles. The number of nitro benzene ring substituents is 1. The van der Waals surface area contributed by atoms with E-state index in [1.807, 2.05) is 6.07 Å². The molecule has 0 aromatic heterocycles. The lowest BCUT2D eigenvalue weighted by Crippen LogP contribution is -2.50. The average Bonchev–Trinajstić information content (AvgIpc) is 3.13. The van der Waals surface area contributed by atoms with Crippen LogP contribution in [0.25, 0.3) is 0 Å². The van der Waals surface area contributed by atoms with Crippen LogP contribution in [0.3, 0.4) is 0 Å². The highest BCUT2D eigenvalue weighted by atomic mass is 16.6. The van der Waals surface area contributed by atoms with Crippen molar-refractivity contribution in [3.05, 3.63) is 64.2 Å². The Morgan fingerprint density at radius 3 is 2.78 bits per heavy atom. The fourth-order valence-electron chi connectivity index (χ4n) is 4.00. The molecule has 0 bridgehead atoms. The quantitative estimate of drug-likeness (QED) is 0.596. The Kier molecular flexibility index (Phi) is 4.96. The predicted molar refractivity (Wildman–Crippen MR) is 102 cm³/mol. The molecule has 0 radical (unpaired) electrons. The normalized spacial score (nSPS) is 22.5. The molecule has 2 heterocycles. The molecular weight excluding hydrogens is 346 g/mol. The van der Waals surface area contributed by atoms with Crippen molar-refractivity contribution < 1.29 is 14.4 Å². The summed E-state index contributed by atoms with van der Waals surface area (Å²) in [5.41, 5.74) is 2.21. The van der Waals surface area contributed by atoms with E-state index in [4.69, 9.17) is 9.47 Å². The van der Waals surface area contributed by atoms with E-state index in [-0.39, 0.29) is 17.5 Å². The van der Waals surface area contributed by atoms with Crippen molar-refractivity contribution in [1.29, 1.82) is 0 Å². The van der Waals surface area contributed by atoms with Gasteiger partial charge in [-0.15, -0.1) is 0 Å². The Labute approximate surface area is 158 Å². The third-order valence-electron chi connectivity index (χ3n) is 5.37. The van der Waals surface area contributed by atoms with Crippen molar-refractivity contribution in [2.75, 3.05) is 38.3 Å². The van der Waals surface area contributed by atoms with Gasteiger partial charge in [-0.25, -0.2) is 0 Å². The molecule has 2 saturated heterocycles. The molecule has 142 valence electrons. The summed E-state index contributed by atoms with van der Waals surface area (Å²) < 4.78 is 11.2. The van der Waals surface area contributed by atoms with E-state index in [1.165, 1.54) is 18.7 Å². The number of fused-ring (bicyclic) bond motifs is 1. The lowest BCUT2D eigenvalue weighted by atomic mass is 10.1. The number of hydrogen-bond acceptors (Lipinski definition) is 6. The van der Waals surface area contributed by atoms with Crippen LogP contribution >= 0.6 is 0 Å². The molecule has 2 aliphatic heterocycles. The van der Waals surface area contributed by atoms with Gasteiger partial charge in [-0.2, -0.15) is 0 Å². The summed E-state index contributed by atoms with van der Waals surface area (Å²) in [7, 11) is 1.46. The first kappa shape index (κ1) is 17.8. The predicted octanol–water partition coefficient (Wildman–Crippen LogP) is 2.69. The highest BCUT2D eigenvalue weighted by molar-refractivity contribution is 5.60. The summed E-state index contributed by atoms with van der Waals surface area (Å²) in [5, 5.41) is 11.1. The maximum absolute atomic E-state index is 11.1. The van der Waals surface area contributed by atoms with E-state index < -0.39 is 4.92 Å².